The van der Waals surface area contributed by atoms with Gasteiger partial charge in [0.15, 0.2) is 11.8 Å². The van der Waals surface area contributed by atoms with E-state index in [1.54, 1.807) is 35.3 Å². The van der Waals surface area contributed by atoms with Crippen LogP contribution in [0.15, 0.2) is 64.8 Å². The van der Waals surface area contributed by atoms with Crippen LogP contribution in [0, 0.1) is 29.0 Å². The van der Waals surface area contributed by atoms with Crippen LogP contribution in [0.25, 0.3) is 22.4 Å². The SMILES string of the molecule is CC[C@H]1CN(C(=N[C@H]2C[C@H]3C[C@@H]([C@@H]2C)C3(C)C)Nc2ccc3c(=O)n(CCc4ccc(OC)cc4F)c(-c4cnccn4)nc3c2)CCN1. The van der Waals surface area contributed by atoms with Crippen molar-refractivity contribution >= 4 is 22.5 Å². The molecule has 5 atom stereocenters. The molecule has 3 aliphatic carbocycles. The number of rotatable bonds is 8. The van der Waals surface area contributed by atoms with Crippen molar-refractivity contribution in [3.63, 3.8) is 0 Å². The van der Waals surface area contributed by atoms with Crippen LogP contribution >= 0.6 is 0 Å². The van der Waals surface area contributed by atoms with Crippen LogP contribution < -0.4 is 20.9 Å². The first-order chi connectivity index (χ1) is 23.7. The second-order valence-electron chi connectivity index (χ2n) is 14.5. The summed E-state index contributed by atoms with van der Waals surface area (Å²) in [6.07, 6.45) is 8.51. The van der Waals surface area contributed by atoms with Gasteiger partial charge in [-0.15, -0.1) is 0 Å². The zero-order chi connectivity index (χ0) is 34.3. The molecule has 10 nitrogen and oxygen atoms in total. The molecular weight excluding hydrogens is 619 g/mol. The van der Waals surface area contributed by atoms with E-state index in [2.05, 4.69) is 53.2 Å². The maximum Gasteiger partial charge on any atom is 0.261 e. The monoisotopic (exact) mass is 666 g/mol. The number of benzene rings is 2. The molecule has 11 heteroatoms. The number of guanidine groups is 1. The average Bonchev–Trinajstić information content (AvgIpc) is 3.12. The number of nitrogens with zero attached hydrogens (tertiary/aromatic N) is 6. The van der Waals surface area contributed by atoms with Crippen LogP contribution in [-0.4, -0.2) is 69.2 Å². The molecule has 0 radical (unpaired) electrons. The second-order valence-corrected chi connectivity index (χ2v) is 14.5. The summed E-state index contributed by atoms with van der Waals surface area (Å²) in [5.74, 6) is 3.26. The number of aliphatic imine (C=N–C) groups is 1. The highest BCUT2D eigenvalue weighted by Gasteiger charge is 2.56. The largest absolute Gasteiger partial charge is 0.497 e. The number of halogens is 1. The number of aromatic nitrogens is 4. The summed E-state index contributed by atoms with van der Waals surface area (Å²) in [6.45, 7) is 12.3. The van der Waals surface area contributed by atoms with Crippen LogP contribution in [0.2, 0.25) is 0 Å². The number of hydrogen-bond acceptors (Lipinski definition) is 7. The highest BCUT2D eigenvalue weighted by molar-refractivity contribution is 5.96. The van der Waals surface area contributed by atoms with Gasteiger partial charge in [-0.3, -0.25) is 14.3 Å². The summed E-state index contributed by atoms with van der Waals surface area (Å²) in [7, 11) is 1.50. The zero-order valence-corrected chi connectivity index (χ0v) is 29.1. The van der Waals surface area contributed by atoms with Crippen LogP contribution in [0.1, 0.15) is 52.5 Å². The van der Waals surface area contributed by atoms with Gasteiger partial charge in [0.2, 0.25) is 0 Å². The summed E-state index contributed by atoms with van der Waals surface area (Å²) < 4.78 is 21.6. The lowest BCUT2D eigenvalue weighted by molar-refractivity contribution is -0.108. The molecule has 49 heavy (non-hydrogen) atoms. The van der Waals surface area contributed by atoms with E-state index >= 15 is 0 Å². The van der Waals surface area contributed by atoms with Gasteiger partial charge in [0, 0.05) is 56.4 Å². The maximum atomic E-state index is 14.8. The lowest BCUT2D eigenvalue weighted by Gasteiger charge is -2.61. The minimum Gasteiger partial charge on any atom is -0.497 e. The summed E-state index contributed by atoms with van der Waals surface area (Å²) in [6, 6.07) is 11.1. The smallest absolute Gasteiger partial charge is 0.261 e. The van der Waals surface area contributed by atoms with Gasteiger partial charge in [0.1, 0.15) is 17.3 Å². The third-order valence-corrected chi connectivity index (χ3v) is 11.5. The van der Waals surface area contributed by atoms with Crippen molar-refractivity contribution in [3.8, 4) is 17.3 Å². The number of hydrogen-bond donors (Lipinski definition) is 2. The predicted octanol–water partition coefficient (Wildman–Crippen LogP) is 5.77. The van der Waals surface area contributed by atoms with Crippen molar-refractivity contribution in [3.05, 3.63) is 76.7 Å². The fourth-order valence-electron chi connectivity index (χ4n) is 8.27. The molecule has 0 unspecified atom stereocenters. The van der Waals surface area contributed by atoms with E-state index in [9.17, 15) is 9.18 Å². The number of nitrogens with one attached hydrogen (secondary N) is 2. The highest BCUT2D eigenvalue weighted by atomic mass is 19.1. The third kappa shape index (κ3) is 6.40. The molecule has 4 fully saturated rings. The first-order valence-electron chi connectivity index (χ1n) is 17.6. The van der Waals surface area contributed by atoms with Gasteiger partial charge in [0.25, 0.3) is 5.56 Å². The van der Waals surface area contributed by atoms with E-state index in [4.69, 9.17) is 14.7 Å². The van der Waals surface area contributed by atoms with E-state index < -0.39 is 0 Å². The molecule has 2 bridgehead atoms. The summed E-state index contributed by atoms with van der Waals surface area (Å²) in [5.41, 5.74) is 2.49. The molecule has 4 aromatic rings. The van der Waals surface area contributed by atoms with Gasteiger partial charge in [0.05, 0.1) is 30.3 Å². The number of anilines is 1. The molecule has 2 aromatic carbocycles. The van der Waals surface area contributed by atoms with Crippen LogP contribution in [0.5, 0.6) is 5.75 Å². The molecule has 258 valence electrons. The molecule has 3 saturated carbocycles. The van der Waals surface area contributed by atoms with Gasteiger partial charge in [-0.25, -0.2) is 19.4 Å². The Labute approximate surface area is 287 Å². The molecule has 0 amide bonds. The van der Waals surface area contributed by atoms with Crippen molar-refractivity contribution in [2.45, 2.75) is 72.0 Å². The Kier molecular flexibility index (Phi) is 9.13. The second kappa shape index (κ2) is 13.5. The van der Waals surface area contributed by atoms with Crippen molar-refractivity contribution in [2.75, 3.05) is 32.1 Å². The minimum absolute atomic E-state index is 0.216. The van der Waals surface area contributed by atoms with E-state index in [1.807, 2.05) is 18.2 Å². The first-order valence-corrected chi connectivity index (χ1v) is 17.6. The van der Waals surface area contributed by atoms with Crippen molar-refractivity contribution < 1.29 is 9.13 Å². The number of piperazine rings is 1. The molecule has 8 rings (SSSR count). The summed E-state index contributed by atoms with van der Waals surface area (Å²) in [5, 5.41) is 7.79. The van der Waals surface area contributed by atoms with Crippen LogP contribution in [-0.2, 0) is 13.0 Å². The van der Waals surface area contributed by atoms with Crippen LogP contribution in [0.4, 0.5) is 10.1 Å². The predicted molar refractivity (Wildman–Crippen MR) is 191 cm³/mol. The van der Waals surface area contributed by atoms with Gasteiger partial charge < -0.3 is 20.3 Å². The highest BCUT2D eigenvalue weighted by Crippen LogP contribution is 2.61. The maximum absolute atomic E-state index is 14.8. The topological polar surface area (TPSA) is 110 Å². The molecular formula is C38H47FN8O2. The quantitative estimate of drug-likeness (QED) is 0.180. The minimum atomic E-state index is -0.381. The van der Waals surface area contributed by atoms with Gasteiger partial charge in [-0.05, 0) is 78.7 Å². The standard InChI is InChI=1S/C38H47FN8O2/c1-6-26-22-46(16-14-41-26)37(45-32-18-25-17-30(23(32)2)38(25,3)4)43-27-8-10-29-33(19-27)44-35(34-21-40-12-13-42-34)47(36(29)48)15-11-24-7-9-28(49-5)20-31(24)39/h7-10,12-13,19-21,23,25-26,30,32,41H,6,11,14-18,22H2,1-5H3,(H,43,45)/t23-,25+,26-,30-,32-/m0/s1. The lowest BCUT2D eigenvalue weighted by atomic mass is 9.45. The van der Waals surface area contributed by atoms with E-state index in [-0.39, 0.29) is 30.4 Å². The van der Waals surface area contributed by atoms with Crippen molar-refractivity contribution in [1.82, 2.24) is 29.7 Å². The number of methoxy groups -OCH3 is 1. The van der Waals surface area contributed by atoms with E-state index in [0.29, 0.717) is 62.9 Å². The average molecular weight is 667 g/mol. The lowest BCUT2D eigenvalue weighted by Crippen LogP contribution is -2.57. The van der Waals surface area contributed by atoms with Gasteiger partial charge >= 0.3 is 0 Å². The Morgan fingerprint density at radius 1 is 1.18 bits per heavy atom. The van der Waals surface area contributed by atoms with Crippen molar-refractivity contribution in [1.29, 1.82) is 0 Å². The third-order valence-electron chi connectivity index (χ3n) is 11.5. The molecule has 0 spiro atoms. The summed E-state index contributed by atoms with van der Waals surface area (Å²) in [4.78, 5) is 35.6. The molecule has 1 aliphatic heterocycles. The number of ether oxygens (including phenoxy) is 1. The molecule has 1 saturated heterocycles. The fourth-order valence-corrected chi connectivity index (χ4v) is 8.27. The Balaban J connectivity index is 1.23. The van der Waals surface area contributed by atoms with Gasteiger partial charge in [-0.1, -0.05) is 33.8 Å². The Morgan fingerprint density at radius 3 is 2.76 bits per heavy atom. The van der Waals surface area contributed by atoms with Crippen molar-refractivity contribution in [2.24, 2.45) is 28.2 Å². The Hall–Kier alpha value is -4.38. The zero-order valence-electron chi connectivity index (χ0n) is 29.1. The number of fused-ring (bicyclic) bond motifs is 3. The normalized spacial score (nSPS) is 24.8. The molecule has 4 aliphatic rings. The Bertz CT molecular complexity index is 1910. The fraction of sp³-hybridized carbons (Fsp3) is 0.500. The van der Waals surface area contributed by atoms with E-state index in [0.717, 1.165) is 44.1 Å². The summed E-state index contributed by atoms with van der Waals surface area (Å²) >= 11 is 0. The molecule has 3 heterocycles. The Morgan fingerprint density at radius 2 is 2.04 bits per heavy atom. The first kappa shape index (κ1) is 33.1. The van der Waals surface area contributed by atoms with Gasteiger partial charge in [-0.2, -0.15) is 0 Å². The molecule has 2 N–H and O–H groups in total. The van der Waals surface area contributed by atoms with E-state index in [1.165, 1.54) is 19.6 Å². The van der Waals surface area contributed by atoms with Crippen LogP contribution in [0.3, 0.4) is 0 Å². The number of aryl methyl sites for hydroxylation is 1. The molecule has 2 aromatic heterocycles.